The molecule has 246 valence electrons. The van der Waals surface area contributed by atoms with Crippen LogP contribution in [0.5, 0.6) is 0 Å². The third kappa shape index (κ3) is 8.04. The first-order chi connectivity index (χ1) is 20.3. The molecule has 0 N–H and O–H groups in total. The Morgan fingerprint density at radius 1 is 0.622 bits per heavy atom. The summed E-state index contributed by atoms with van der Waals surface area (Å²) < 4.78 is 0. The van der Waals surface area contributed by atoms with Gasteiger partial charge in [0, 0.05) is 31.8 Å². The minimum Gasteiger partial charge on any atom is -0.164 e. The second kappa shape index (κ2) is 14.0. The quantitative estimate of drug-likeness (QED) is 0.150. The van der Waals surface area contributed by atoms with E-state index in [0.29, 0.717) is 5.92 Å². The number of aryl methyl sites for hydroxylation is 2. The Bertz CT molecular complexity index is 1490. The molecule has 0 bridgehead atoms. The maximum absolute atomic E-state index is 2.64. The second-order valence-corrected chi connectivity index (χ2v) is 18.1. The predicted octanol–water partition coefficient (Wildman–Crippen LogP) is 13.4. The van der Waals surface area contributed by atoms with Crippen LogP contribution < -0.4 is 0 Å². The molecule has 0 radical (unpaired) electrons. The molecule has 1 aliphatic rings. The minimum absolute atomic E-state index is 0. The summed E-state index contributed by atoms with van der Waals surface area (Å²) in [5, 5.41) is 3.10. The van der Waals surface area contributed by atoms with Gasteiger partial charge in [-0.3, -0.25) is 0 Å². The van der Waals surface area contributed by atoms with E-state index in [1.165, 1.54) is 67.0 Å². The molecule has 3 aromatic rings. The molecule has 0 saturated heterocycles. The largest absolute Gasteiger partial charge is 0.164 e. The zero-order valence-electron chi connectivity index (χ0n) is 31.7. The molecule has 0 aliphatic heterocycles. The number of hydrogen-bond acceptors (Lipinski definition) is 0. The molecule has 0 amide bonds. The molecule has 1 unspecified atom stereocenters. The molecule has 1 aliphatic carbocycles. The van der Waals surface area contributed by atoms with Crippen LogP contribution in [0, 0.1) is 0 Å². The molecule has 0 saturated carbocycles. The van der Waals surface area contributed by atoms with E-state index in [2.05, 4.69) is 133 Å². The van der Waals surface area contributed by atoms with Crippen molar-refractivity contribution in [2.24, 2.45) is 0 Å². The molecule has 4 rings (SSSR count). The predicted molar refractivity (Wildman–Crippen MR) is 198 cm³/mol. The van der Waals surface area contributed by atoms with Crippen molar-refractivity contribution in [1.29, 1.82) is 0 Å². The summed E-state index contributed by atoms with van der Waals surface area (Å²) >= 11 is 0. The van der Waals surface area contributed by atoms with Crippen molar-refractivity contribution in [1.82, 2.24) is 0 Å². The molecule has 0 nitrogen and oxygen atoms in total. The molecule has 0 heterocycles. The van der Waals surface area contributed by atoms with Gasteiger partial charge in [-0.05, 0) is 69.6 Å². The molecule has 0 spiro atoms. The topological polar surface area (TPSA) is 0 Å². The summed E-state index contributed by atoms with van der Waals surface area (Å²) in [6.07, 6.45) is 12.4. The van der Waals surface area contributed by atoms with E-state index in [9.17, 15) is 0 Å². The minimum atomic E-state index is 0. The van der Waals surface area contributed by atoms with Crippen LogP contribution >= 0.6 is 0 Å². The first kappa shape index (κ1) is 38.1. The Hall–Kier alpha value is -1.34. The summed E-state index contributed by atoms with van der Waals surface area (Å²) in [6.45, 7) is 33.5. The van der Waals surface area contributed by atoms with Gasteiger partial charge in [0.2, 0.25) is 0 Å². The summed E-state index contributed by atoms with van der Waals surface area (Å²) in [6, 6.07) is 12.5. The maximum Gasteiger partial charge on any atom is 0.00562 e. The average molecular weight is 772 g/mol. The Morgan fingerprint density at radius 3 is 1.64 bits per heavy atom. The Labute approximate surface area is 297 Å². The summed E-state index contributed by atoms with van der Waals surface area (Å²) in [5.74, 6) is 0.501. The van der Waals surface area contributed by atoms with Crippen LogP contribution in [0.25, 0.3) is 16.8 Å². The first-order valence-corrected chi connectivity index (χ1v) is 17.9. The number of unbranched alkanes of at least 4 members (excludes halogenated alkanes) is 2. The number of rotatable bonds is 9. The van der Waals surface area contributed by atoms with Crippen LogP contribution in [0.3, 0.4) is 0 Å². The standard InChI is InChI=1S/C44H65.Hf/c1-15-17-19-29-27-33-35(41(3,4)5)23-25-37(43(9,10)11)39(33)31(29)21-22-32-30(20-18-16-2)28-34-36(42(6,7)8)24-26-38(40(32)34)44(12,13)14;/h23-28,31H,15-22H2,1-14H3;/q-1;. The number of benzene rings is 2. The van der Waals surface area contributed by atoms with Crippen LogP contribution in [0.15, 0.2) is 35.9 Å². The van der Waals surface area contributed by atoms with Gasteiger partial charge in [0.1, 0.15) is 0 Å². The summed E-state index contributed by atoms with van der Waals surface area (Å²) in [5.41, 5.74) is 14.7. The zero-order chi connectivity index (χ0) is 32.8. The van der Waals surface area contributed by atoms with Gasteiger partial charge < -0.3 is 0 Å². The fourth-order valence-corrected chi connectivity index (χ4v) is 7.86. The fraction of sp³-hybridized carbons (Fsp3) is 0.614. The van der Waals surface area contributed by atoms with Crippen molar-refractivity contribution in [3.05, 3.63) is 80.4 Å². The van der Waals surface area contributed by atoms with Gasteiger partial charge in [-0.2, -0.15) is 6.07 Å². The molecule has 0 fully saturated rings. The van der Waals surface area contributed by atoms with Crippen LogP contribution in [0.1, 0.15) is 186 Å². The molecule has 0 aromatic heterocycles. The van der Waals surface area contributed by atoms with Crippen molar-refractivity contribution in [3.63, 3.8) is 0 Å². The van der Waals surface area contributed by atoms with Gasteiger partial charge >= 0.3 is 0 Å². The van der Waals surface area contributed by atoms with Crippen molar-refractivity contribution >= 4 is 16.8 Å². The molecule has 1 heteroatoms. The summed E-state index contributed by atoms with van der Waals surface area (Å²) in [4.78, 5) is 0. The van der Waals surface area contributed by atoms with Gasteiger partial charge in [-0.15, -0.1) is 33.5 Å². The Kier molecular flexibility index (Phi) is 11.9. The Balaban J connectivity index is 0.00000552. The van der Waals surface area contributed by atoms with Crippen molar-refractivity contribution in [3.8, 4) is 0 Å². The fourth-order valence-electron chi connectivity index (χ4n) is 7.86. The summed E-state index contributed by atoms with van der Waals surface area (Å²) in [7, 11) is 0. The van der Waals surface area contributed by atoms with Gasteiger partial charge in [0.05, 0.1) is 0 Å². The zero-order valence-corrected chi connectivity index (χ0v) is 35.3. The average Bonchev–Trinajstić information content (AvgIpc) is 3.43. The number of allylic oxidation sites excluding steroid dienone is 1. The van der Waals surface area contributed by atoms with E-state index >= 15 is 0 Å². The maximum atomic E-state index is 2.64. The third-order valence-electron chi connectivity index (χ3n) is 10.2. The van der Waals surface area contributed by atoms with Crippen molar-refractivity contribution in [2.75, 3.05) is 0 Å². The molecular formula is C44H65Hf-. The van der Waals surface area contributed by atoms with Crippen LogP contribution in [0.4, 0.5) is 0 Å². The number of fused-ring (bicyclic) bond motifs is 2. The first-order valence-electron chi connectivity index (χ1n) is 17.9. The monoisotopic (exact) mass is 773 g/mol. The van der Waals surface area contributed by atoms with E-state index < -0.39 is 0 Å². The van der Waals surface area contributed by atoms with E-state index in [0.717, 1.165) is 6.42 Å². The van der Waals surface area contributed by atoms with E-state index in [-0.39, 0.29) is 47.5 Å². The normalized spacial score (nSPS) is 15.8. The van der Waals surface area contributed by atoms with Crippen molar-refractivity contribution in [2.45, 2.75) is 176 Å². The van der Waals surface area contributed by atoms with Crippen LogP contribution in [-0.4, -0.2) is 0 Å². The van der Waals surface area contributed by atoms with E-state index in [4.69, 9.17) is 0 Å². The Morgan fingerprint density at radius 2 is 1.11 bits per heavy atom. The van der Waals surface area contributed by atoms with Gasteiger partial charge in [-0.25, -0.2) is 0 Å². The van der Waals surface area contributed by atoms with Gasteiger partial charge in [0.25, 0.3) is 0 Å². The molecule has 45 heavy (non-hydrogen) atoms. The molecular weight excluding hydrogens is 707 g/mol. The van der Waals surface area contributed by atoms with E-state index in [1.807, 2.05) is 0 Å². The van der Waals surface area contributed by atoms with Crippen LogP contribution in [0.2, 0.25) is 0 Å². The SMILES string of the molecule is CCCCC1=Cc2c(C(C)(C)C)ccc(C(C)(C)C)c2C1CC[c-]1c(CCCC)cc2c(C(C)(C)C)ccc(C(C)(C)C)c21.[Hf]. The molecule has 1 atom stereocenters. The van der Waals surface area contributed by atoms with Crippen molar-refractivity contribution < 1.29 is 25.8 Å². The smallest absolute Gasteiger partial charge is 0.00562 e. The van der Waals surface area contributed by atoms with Crippen LogP contribution in [-0.2, 0) is 60.3 Å². The number of hydrogen-bond donors (Lipinski definition) is 0. The third-order valence-corrected chi connectivity index (χ3v) is 10.2. The van der Waals surface area contributed by atoms with Gasteiger partial charge in [0.15, 0.2) is 0 Å². The van der Waals surface area contributed by atoms with E-state index in [1.54, 1.807) is 38.8 Å². The van der Waals surface area contributed by atoms with Gasteiger partial charge in [-0.1, -0.05) is 158 Å². The molecule has 3 aromatic carbocycles. The second-order valence-electron chi connectivity index (χ2n) is 18.1.